The van der Waals surface area contributed by atoms with Gasteiger partial charge in [-0.15, -0.1) is 11.6 Å². The van der Waals surface area contributed by atoms with Gasteiger partial charge in [0.25, 0.3) is 0 Å². The second-order valence-corrected chi connectivity index (χ2v) is 5.72. The predicted molar refractivity (Wildman–Crippen MR) is 83.5 cm³/mol. The van der Waals surface area contributed by atoms with E-state index in [0.717, 1.165) is 28.8 Å². The number of hydrogen-bond donors (Lipinski definition) is 0. The molecule has 0 aliphatic heterocycles. The first-order valence-corrected chi connectivity index (χ1v) is 7.60. The molecule has 0 aliphatic rings. The van der Waals surface area contributed by atoms with Gasteiger partial charge in [-0.3, -0.25) is 0 Å². The van der Waals surface area contributed by atoms with Crippen molar-refractivity contribution < 1.29 is 4.74 Å². The largest absolute Gasteiger partial charge is 0.493 e. The Bertz CT molecular complexity index is 413. The molecule has 0 unspecified atom stereocenters. The van der Waals surface area contributed by atoms with Gasteiger partial charge < -0.3 is 4.74 Å². The maximum atomic E-state index is 5.99. The molecule has 0 heterocycles. The van der Waals surface area contributed by atoms with Gasteiger partial charge in [0, 0.05) is 15.9 Å². The van der Waals surface area contributed by atoms with Crippen LogP contribution < -0.4 is 4.74 Å². The number of halogens is 2. The zero-order valence-electron chi connectivity index (χ0n) is 11.2. The molecule has 1 aromatic rings. The number of allylic oxidation sites excluding steroid dienone is 1. The van der Waals surface area contributed by atoms with Crippen LogP contribution in [-0.2, 0) is 0 Å². The van der Waals surface area contributed by atoms with E-state index in [1.807, 2.05) is 12.1 Å². The van der Waals surface area contributed by atoms with Crippen molar-refractivity contribution in [1.82, 2.24) is 0 Å². The van der Waals surface area contributed by atoms with Crippen LogP contribution >= 0.6 is 27.5 Å². The summed E-state index contributed by atoms with van der Waals surface area (Å²) in [4.78, 5) is 0. The van der Waals surface area contributed by atoms with Gasteiger partial charge in [0.05, 0.1) is 6.61 Å². The highest BCUT2D eigenvalue weighted by molar-refractivity contribution is 9.10. The SMILES string of the molecule is CCCOc1ccc(Br)cc1C=C(CCl)C(C)C. The summed E-state index contributed by atoms with van der Waals surface area (Å²) in [5.41, 5.74) is 2.30. The Balaban J connectivity index is 3.07. The zero-order valence-corrected chi connectivity index (χ0v) is 13.5. The first-order chi connectivity index (χ1) is 8.58. The summed E-state index contributed by atoms with van der Waals surface area (Å²) >= 11 is 9.48. The number of hydrogen-bond acceptors (Lipinski definition) is 1. The van der Waals surface area contributed by atoms with Crippen LogP contribution in [0.1, 0.15) is 32.8 Å². The Labute approximate surface area is 123 Å². The number of benzene rings is 1. The van der Waals surface area contributed by atoms with Crippen molar-refractivity contribution in [2.24, 2.45) is 5.92 Å². The van der Waals surface area contributed by atoms with E-state index in [1.165, 1.54) is 5.57 Å². The fourth-order valence-corrected chi connectivity index (χ4v) is 2.30. The maximum absolute atomic E-state index is 5.99. The maximum Gasteiger partial charge on any atom is 0.126 e. The monoisotopic (exact) mass is 330 g/mol. The zero-order chi connectivity index (χ0) is 13.5. The van der Waals surface area contributed by atoms with Crippen LogP contribution in [-0.4, -0.2) is 12.5 Å². The van der Waals surface area contributed by atoms with E-state index in [0.29, 0.717) is 11.8 Å². The minimum Gasteiger partial charge on any atom is -0.493 e. The van der Waals surface area contributed by atoms with Crippen LogP contribution in [0, 0.1) is 5.92 Å². The van der Waals surface area contributed by atoms with Crippen molar-refractivity contribution in [3.8, 4) is 5.75 Å². The standard InChI is InChI=1S/C15H20BrClO/c1-4-7-18-15-6-5-14(16)9-12(15)8-13(10-17)11(2)3/h5-6,8-9,11H,4,7,10H2,1-3H3. The van der Waals surface area contributed by atoms with Crippen LogP contribution in [0.3, 0.4) is 0 Å². The molecule has 0 saturated heterocycles. The van der Waals surface area contributed by atoms with Crippen molar-refractivity contribution in [2.75, 3.05) is 12.5 Å². The number of alkyl halides is 1. The molecular formula is C15H20BrClO. The lowest BCUT2D eigenvalue weighted by atomic mass is 10.0. The van der Waals surface area contributed by atoms with Crippen molar-refractivity contribution in [1.29, 1.82) is 0 Å². The second kappa shape index (κ2) is 7.85. The molecule has 0 bridgehead atoms. The smallest absolute Gasteiger partial charge is 0.126 e. The lowest BCUT2D eigenvalue weighted by Gasteiger charge is -2.12. The van der Waals surface area contributed by atoms with Gasteiger partial charge in [0.15, 0.2) is 0 Å². The van der Waals surface area contributed by atoms with Gasteiger partial charge in [-0.25, -0.2) is 0 Å². The highest BCUT2D eigenvalue weighted by Crippen LogP contribution is 2.27. The van der Waals surface area contributed by atoms with Gasteiger partial charge >= 0.3 is 0 Å². The Morgan fingerprint density at radius 1 is 1.44 bits per heavy atom. The van der Waals surface area contributed by atoms with Gasteiger partial charge in [0.1, 0.15) is 5.75 Å². The molecule has 0 amide bonds. The van der Waals surface area contributed by atoms with Crippen molar-refractivity contribution in [3.05, 3.63) is 33.8 Å². The van der Waals surface area contributed by atoms with Crippen molar-refractivity contribution >= 4 is 33.6 Å². The summed E-state index contributed by atoms with van der Waals surface area (Å²) in [6.45, 7) is 7.14. The molecular weight excluding hydrogens is 312 g/mol. The van der Waals surface area contributed by atoms with Crippen molar-refractivity contribution in [3.63, 3.8) is 0 Å². The van der Waals surface area contributed by atoms with Crippen LogP contribution in [0.2, 0.25) is 0 Å². The molecule has 0 spiro atoms. The minimum absolute atomic E-state index is 0.445. The summed E-state index contributed by atoms with van der Waals surface area (Å²) in [6.07, 6.45) is 3.14. The third-order valence-electron chi connectivity index (χ3n) is 2.67. The summed E-state index contributed by atoms with van der Waals surface area (Å²) in [7, 11) is 0. The van der Waals surface area contributed by atoms with E-state index in [2.05, 4.69) is 48.8 Å². The average Bonchev–Trinajstić information content (AvgIpc) is 2.34. The molecule has 1 aromatic carbocycles. The first kappa shape index (κ1) is 15.6. The molecule has 0 saturated carbocycles. The molecule has 0 aliphatic carbocycles. The number of rotatable bonds is 6. The third-order valence-corrected chi connectivity index (χ3v) is 3.47. The van der Waals surface area contributed by atoms with Crippen LogP contribution in [0.25, 0.3) is 6.08 Å². The summed E-state index contributed by atoms with van der Waals surface area (Å²) in [5.74, 6) is 1.92. The lowest BCUT2D eigenvalue weighted by molar-refractivity contribution is 0.316. The highest BCUT2D eigenvalue weighted by Gasteiger charge is 2.06. The molecule has 1 nitrogen and oxygen atoms in total. The van der Waals surface area contributed by atoms with E-state index in [-0.39, 0.29) is 0 Å². The lowest BCUT2D eigenvalue weighted by Crippen LogP contribution is -1.99. The third kappa shape index (κ3) is 4.66. The van der Waals surface area contributed by atoms with Gasteiger partial charge in [-0.2, -0.15) is 0 Å². The molecule has 1 rings (SSSR count). The van der Waals surface area contributed by atoms with E-state index in [4.69, 9.17) is 16.3 Å². The molecule has 0 fully saturated rings. The Morgan fingerprint density at radius 3 is 2.72 bits per heavy atom. The fraction of sp³-hybridized carbons (Fsp3) is 0.467. The molecule has 0 atom stereocenters. The molecule has 0 radical (unpaired) electrons. The quantitative estimate of drug-likeness (QED) is 0.624. The molecule has 0 aromatic heterocycles. The van der Waals surface area contributed by atoms with Crippen LogP contribution in [0.15, 0.2) is 28.2 Å². The van der Waals surface area contributed by atoms with E-state index >= 15 is 0 Å². The van der Waals surface area contributed by atoms with Gasteiger partial charge in [-0.05, 0) is 30.5 Å². The first-order valence-electron chi connectivity index (χ1n) is 6.27. The topological polar surface area (TPSA) is 9.23 Å². The van der Waals surface area contributed by atoms with Crippen LogP contribution in [0.4, 0.5) is 0 Å². The van der Waals surface area contributed by atoms with Crippen molar-refractivity contribution in [2.45, 2.75) is 27.2 Å². The predicted octanol–water partition coefficient (Wildman–Crippen LogP) is 5.52. The summed E-state index contributed by atoms with van der Waals surface area (Å²) in [5, 5.41) is 0. The minimum atomic E-state index is 0.445. The molecule has 18 heavy (non-hydrogen) atoms. The Morgan fingerprint density at radius 2 is 2.17 bits per heavy atom. The van der Waals surface area contributed by atoms with Gasteiger partial charge in [-0.1, -0.05) is 48.4 Å². The van der Waals surface area contributed by atoms with E-state index < -0.39 is 0 Å². The normalized spacial score (nSPS) is 12.0. The second-order valence-electron chi connectivity index (χ2n) is 4.54. The van der Waals surface area contributed by atoms with E-state index in [1.54, 1.807) is 0 Å². The average molecular weight is 332 g/mol. The van der Waals surface area contributed by atoms with Crippen LogP contribution in [0.5, 0.6) is 5.75 Å². The highest BCUT2D eigenvalue weighted by atomic mass is 79.9. The van der Waals surface area contributed by atoms with E-state index in [9.17, 15) is 0 Å². The number of ether oxygens (including phenoxy) is 1. The Kier molecular flexibility index (Phi) is 6.80. The Hall–Kier alpha value is -0.470. The summed E-state index contributed by atoms with van der Waals surface area (Å²) < 4.78 is 6.81. The molecule has 0 N–H and O–H groups in total. The van der Waals surface area contributed by atoms with Gasteiger partial charge in [0.2, 0.25) is 0 Å². The molecule has 3 heteroatoms. The summed E-state index contributed by atoms with van der Waals surface area (Å²) in [6, 6.07) is 6.07. The fourth-order valence-electron chi connectivity index (χ4n) is 1.53. The molecule has 100 valence electrons.